The van der Waals surface area contributed by atoms with E-state index in [1.165, 1.54) is 9.75 Å². The van der Waals surface area contributed by atoms with Crippen LogP contribution < -0.4 is 5.32 Å². The summed E-state index contributed by atoms with van der Waals surface area (Å²) < 4.78 is 4.97. The molecule has 0 fully saturated rings. The summed E-state index contributed by atoms with van der Waals surface area (Å²) in [6.07, 6.45) is 4.25. The van der Waals surface area contributed by atoms with Gasteiger partial charge >= 0.3 is 0 Å². The van der Waals surface area contributed by atoms with Crippen LogP contribution in [0.5, 0.6) is 0 Å². The van der Waals surface area contributed by atoms with Crippen LogP contribution >= 0.6 is 22.9 Å². The summed E-state index contributed by atoms with van der Waals surface area (Å²) in [6, 6.07) is 12.2. The molecule has 0 aliphatic carbocycles. The molecule has 0 saturated heterocycles. The van der Waals surface area contributed by atoms with Crippen LogP contribution in [-0.2, 0) is 4.74 Å². The van der Waals surface area contributed by atoms with E-state index in [1.807, 2.05) is 24.3 Å². The van der Waals surface area contributed by atoms with Crippen LogP contribution in [0.1, 0.15) is 4.88 Å². The Morgan fingerprint density at radius 3 is 2.90 bits per heavy atom. The van der Waals surface area contributed by atoms with Gasteiger partial charge < -0.3 is 10.1 Å². The van der Waals surface area contributed by atoms with Crippen molar-refractivity contribution < 1.29 is 4.74 Å². The minimum absolute atomic E-state index is 0.740. The minimum atomic E-state index is 0.740. The lowest BCUT2D eigenvalue weighted by Crippen LogP contribution is -2.18. The third-order valence-corrected chi connectivity index (χ3v) is 4.21. The highest BCUT2D eigenvalue weighted by atomic mass is 35.5. The van der Waals surface area contributed by atoms with Crippen molar-refractivity contribution in [1.29, 1.82) is 0 Å². The molecular weight excluding hydrogens is 290 g/mol. The van der Waals surface area contributed by atoms with Crippen LogP contribution in [0.2, 0.25) is 5.02 Å². The number of hydrogen-bond acceptors (Lipinski definition) is 3. The van der Waals surface area contributed by atoms with E-state index in [0.717, 1.165) is 30.3 Å². The Labute approximate surface area is 129 Å². The summed E-state index contributed by atoms with van der Waals surface area (Å²) >= 11 is 7.95. The first-order valence-electron chi connectivity index (χ1n) is 6.52. The van der Waals surface area contributed by atoms with E-state index in [9.17, 15) is 0 Å². The molecule has 0 aliphatic heterocycles. The van der Waals surface area contributed by atoms with Crippen molar-refractivity contribution in [2.45, 2.75) is 0 Å². The standard InChI is InChI=1S/C16H18ClNOS/c1-19-12-11-18-10-4-5-13-8-9-16(20-13)14-6-2-3-7-15(14)17/h2-9,18H,10-12H2,1H3. The summed E-state index contributed by atoms with van der Waals surface area (Å²) in [6.45, 7) is 2.46. The molecule has 4 heteroatoms. The first-order chi connectivity index (χ1) is 9.81. The Hall–Kier alpha value is -1.13. The molecule has 1 N–H and O–H groups in total. The van der Waals surface area contributed by atoms with Gasteiger partial charge in [-0.25, -0.2) is 0 Å². The fraction of sp³-hybridized carbons (Fsp3) is 0.250. The lowest BCUT2D eigenvalue weighted by atomic mass is 10.2. The maximum atomic E-state index is 6.21. The molecule has 20 heavy (non-hydrogen) atoms. The minimum Gasteiger partial charge on any atom is -0.383 e. The number of benzene rings is 1. The number of nitrogens with one attached hydrogen (secondary N) is 1. The van der Waals surface area contributed by atoms with Crippen molar-refractivity contribution in [3.63, 3.8) is 0 Å². The Morgan fingerprint density at radius 1 is 1.25 bits per heavy atom. The zero-order chi connectivity index (χ0) is 14.2. The second kappa shape index (κ2) is 8.22. The van der Waals surface area contributed by atoms with Crippen LogP contribution in [0.25, 0.3) is 16.5 Å². The van der Waals surface area contributed by atoms with Crippen LogP contribution in [0, 0.1) is 0 Å². The number of methoxy groups -OCH3 is 1. The van der Waals surface area contributed by atoms with Gasteiger partial charge in [0.15, 0.2) is 0 Å². The lowest BCUT2D eigenvalue weighted by Gasteiger charge is -1.99. The second-order valence-electron chi connectivity index (χ2n) is 4.28. The number of halogens is 1. The molecule has 2 rings (SSSR count). The predicted octanol–water partition coefficient (Wildman–Crippen LogP) is 4.32. The monoisotopic (exact) mass is 307 g/mol. The van der Waals surface area contributed by atoms with E-state index < -0.39 is 0 Å². The highest BCUT2D eigenvalue weighted by Gasteiger charge is 2.04. The van der Waals surface area contributed by atoms with Gasteiger partial charge in [-0.2, -0.15) is 0 Å². The molecular formula is C16H18ClNOS. The fourth-order valence-electron chi connectivity index (χ4n) is 1.78. The molecule has 1 heterocycles. The second-order valence-corrected chi connectivity index (χ2v) is 5.80. The molecule has 1 aromatic heterocycles. The first-order valence-corrected chi connectivity index (χ1v) is 7.71. The third kappa shape index (κ3) is 4.46. The van der Waals surface area contributed by atoms with E-state index in [4.69, 9.17) is 16.3 Å². The van der Waals surface area contributed by atoms with Crippen LogP contribution in [-0.4, -0.2) is 26.8 Å². The zero-order valence-corrected chi connectivity index (χ0v) is 13.0. The van der Waals surface area contributed by atoms with Crippen molar-refractivity contribution in [3.05, 3.63) is 52.4 Å². The summed E-state index contributed by atoms with van der Waals surface area (Å²) in [5, 5.41) is 4.07. The Balaban J connectivity index is 1.93. The predicted molar refractivity (Wildman–Crippen MR) is 88.5 cm³/mol. The number of thiophene rings is 1. The summed E-state index contributed by atoms with van der Waals surface area (Å²) in [5.74, 6) is 0. The van der Waals surface area contributed by atoms with Crippen LogP contribution in [0.3, 0.4) is 0 Å². The van der Waals surface area contributed by atoms with Crippen molar-refractivity contribution in [2.75, 3.05) is 26.8 Å². The van der Waals surface area contributed by atoms with E-state index in [-0.39, 0.29) is 0 Å². The topological polar surface area (TPSA) is 21.3 Å². The summed E-state index contributed by atoms with van der Waals surface area (Å²) in [7, 11) is 1.71. The molecule has 0 amide bonds. The highest BCUT2D eigenvalue weighted by molar-refractivity contribution is 7.16. The number of hydrogen-bond donors (Lipinski definition) is 1. The Morgan fingerprint density at radius 2 is 2.10 bits per heavy atom. The van der Waals surface area contributed by atoms with Crippen molar-refractivity contribution in [2.24, 2.45) is 0 Å². The molecule has 0 atom stereocenters. The molecule has 0 saturated carbocycles. The van der Waals surface area contributed by atoms with Crippen LogP contribution in [0.4, 0.5) is 0 Å². The first kappa shape index (κ1) is 15.3. The molecule has 2 nitrogen and oxygen atoms in total. The summed E-state index contributed by atoms with van der Waals surface area (Å²) in [5.41, 5.74) is 1.09. The molecule has 106 valence electrons. The maximum Gasteiger partial charge on any atom is 0.0587 e. The van der Waals surface area contributed by atoms with Gasteiger partial charge in [0.05, 0.1) is 6.61 Å². The van der Waals surface area contributed by atoms with E-state index >= 15 is 0 Å². The molecule has 0 unspecified atom stereocenters. The van der Waals surface area contributed by atoms with Gasteiger partial charge in [-0.05, 0) is 24.3 Å². The Kier molecular flexibility index (Phi) is 6.27. The normalized spacial score (nSPS) is 11.3. The molecule has 1 aromatic carbocycles. The average molecular weight is 308 g/mol. The number of rotatable bonds is 7. The van der Waals surface area contributed by atoms with Gasteiger partial charge in [0.1, 0.15) is 0 Å². The fourth-order valence-corrected chi connectivity index (χ4v) is 3.05. The average Bonchev–Trinajstić information content (AvgIpc) is 2.92. The smallest absolute Gasteiger partial charge is 0.0587 e. The molecule has 0 bridgehead atoms. The van der Waals surface area contributed by atoms with Crippen molar-refractivity contribution in [1.82, 2.24) is 5.32 Å². The van der Waals surface area contributed by atoms with Gasteiger partial charge in [0, 0.05) is 40.5 Å². The third-order valence-electron chi connectivity index (χ3n) is 2.79. The van der Waals surface area contributed by atoms with E-state index in [2.05, 4.69) is 29.6 Å². The van der Waals surface area contributed by atoms with Gasteiger partial charge in [-0.1, -0.05) is 35.9 Å². The number of ether oxygens (including phenoxy) is 1. The molecule has 0 aliphatic rings. The largest absolute Gasteiger partial charge is 0.383 e. The van der Waals surface area contributed by atoms with Gasteiger partial charge in [0.2, 0.25) is 0 Å². The van der Waals surface area contributed by atoms with Crippen molar-refractivity contribution in [3.8, 4) is 10.4 Å². The maximum absolute atomic E-state index is 6.21. The van der Waals surface area contributed by atoms with E-state index in [1.54, 1.807) is 18.4 Å². The lowest BCUT2D eigenvalue weighted by molar-refractivity contribution is 0.200. The molecule has 0 spiro atoms. The van der Waals surface area contributed by atoms with Gasteiger partial charge in [0.25, 0.3) is 0 Å². The molecule has 0 radical (unpaired) electrons. The molecule has 2 aromatic rings. The zero-order valence-electron chi connectivity index (χ0n) is 11.4. The van der Waals surface area contributed by atoms with Crippen molar-refractivity contribution >= 4 is 29.0 Å². The van der Waals surface area contributed by atoms with Gasteiger partial charge in [-0.3, -0.25) is 0 Å². The highest BCUT2D eigenvalue weighted by Crippen LogP contribution is 2.33. The SMILES string of the molecule is COCCNCC=Cc1ccc(-c2ccccc2Cl)s1. The van der Waals surface area contributed by atoms with E-state index in [0.29, 0.717) is 0 Å². The Bertz CT molecular complexity index is 565. The van der Waals surface area contributed by atoms with Crippen LogP contribution in [0.15, 0.2) is 42.5 Å². The van der Waals surface area contributed by atoms with Gasteiger partial charge in [-0.15, -0.1) is 11.3 Å². The quantitative estimate of drug-likeness (QED) is 0.769. The summed E-state index contributed by atoms with van der Waals surface area (Å²) in [4.78, 5) is 2.43.